The number of hydrogen-bond donors (Lipinski definition) is 0. The lowest BCUT2D eigenvalue weighted by Gasteiger charge is -2.47. The lowest BCUT2D eigenvalue weighted by Crippen LogP contribution is -2.46. The molecule has 4 heteroatoms. The van der Waals surface area contributed by atoms with Crippen LogP contribution in [0.2, 0.25) is 0 Å². The molecule has 0 bridgehead atoms. The van der Waals surface area contributed by atoms with Crippen molar-refractivity contribution in [2.75, 3.05) is 21.1 Å². The first-order chi connectivity index (χ1) is 11.1. The first kappa shape index (κ1) is 16.3. The molecule has 1 heterocycles. The van der Waals surface area contributed by atoms with Gasteiger partial charge in [0.25, 0.3) is 0 Å². The molecule has 126 valence electrons. The molecule has 3 atom stereocenters. The molecule has 1 aliphatic heterocycles. The van der Waals surface area contributed by atoms with Crippen LogP contribution in [0.25, 0.3) is 0 Å². The number of likely N-dealkylation sites (tertiary alicyclic amines) is 1. The lowest BCUT2D eigenvalue weighted by molar-refractivity contribution is 0.0363. The van der Waals surface area contributed by atoms with Crippen molar-refractivity contribution in [3.05, 3.63) is 29.8 Å². The van der Waals surface area contributed by atoms with Crippen LogP contribution in [-0.4, -0.2) is 43.1 Å². The number of nitrogens with zero attached hydrogens (tertiary/aromatic N) is 2. The summed E-state index contributed by atoms with van der Waals surface area (Å²) in [6.07, 6.45) is 7.67. The van der Waals surface area contributed by atoms with Gasteiger partial charge in [-0.3, -0.25) is 4.90 Å². The van der Waals surface area contributed by atoms with E-state index in [1.165, 1.54) is 49.0 Å². The average Bonchev–Trinajstić information content (AvgIpc) is 2.55. The minimum absolute atomic E-state index is 0.327. The summed E-state index contributed by atoms with van der Waals surface area (Å²) in [5.74, 6) is 1.51. The van der Waals surface area contributed by atoms with E-state index in [1.54, 1.807) is 14.1 Å². The third-order valence-corrected chi connectivity index (χ3v) is 5.51. The maximum atomic E-state index is 11.7. The Morgan fingerprint density at radius 3 is 2.74 bits per heavy atom. The molecule has 1 aliphatic carbocycles. The molecule has 4 nitrogen and oxygen atoms in total. The van der Waals surface area contributed by atoms with E-state index in [1.807, 2.05) is 18.2 Å². The fourth-order valence-corrected chi connectivity index (χ4v) is 4.25. The summed E-state index contributed by atoms with van der Waals surface area (Å²) < 4.78 is 5.42. The van der Waals surface area contributed by atoms with Gasteiger partial charge in [-0.2, -0.15) is 0 Å². The molecular weight excluding hydrogens is 288 g/mol. The van der Waals surface area contributed by atoms with Crippen LogP contribution in [0.1, 0.15) is 50.1 Å². The number of amides is 1. The second kappa shape index (κ2) is 6.91. The number of carbonyl (C=O) groups excluding carboxylic acids is 1. The molecule has 1 saturated carbocycles. The highest BCUT2D eigenvalue weighted by molar-refractivity contribution is 5.70. The average molecular weight is 316 g/mol. The third-order valence-electron chi connectivity index (χ3n) is 5.51. The van der Waals surface area contributed by atoms with Gasteiger partial charge in [-0.1, -0.05) is 25.0 Å². The normalized spacial score (nSPS) is 28.0. The third kappa shape index (κ3) is 3.52. The Labute approximate surface area is 139 Å². The van der Waals surface area contributed by atoms with E-state index in [2.05, 4.69) is 18.0 Å². The van der Waals surface area contributed by atoms with Crippen molar-refractivity contribution in [1.82, 2.24) is 9.80 Å². The zero-order valence-corrected chi connectivity index (χ0v) is 14.5. The predicted octanol–water partition coefficient (Wildman–Crippen LogP) is 4.07. The second-order valence-corrected chi connectivity index (χ2v) is 7.21. The van der Waals surface area contributed by atoms with Crippen molar-refractivity contribution >= 4 is 6.09 Å². The fourth-order valence-electron chi connectivity index (χ4n) is 4.25. The van der Waals surface area contributed by atoms with E-state index < -0.39 is 0 Å². The van der Waals surface area contributed by atoms with Gasteiger partial charge in [0.1, 0.15) is 5.75 Å². The van der Waals surface area contributed by atoms with Crippen LogP contribution in [0.15, 0.2) is 24.3 Å². The monoisotopic (exact) mass is 316 g/mol. The van der Waals surface area contributed by atoms with Crippen LogP contribution >= 0.6 is 0 Å². The Balaban J connectivity index is 1.75. The van der Waals surface area contributed by atoms with Crippen molar-refractivity contribution in [3.63, 3.8) is 0 Å². The summed E-state index contributed by atoms with van der Waals surface area (Å²) in [4.78, 5) is 15.8. The smallest absolute Gasteiger partial charge is 0.410 e. The number of fused-ring (bicyclic) bond motifs is 1. The van der Waals surface area contributed by atoms with Crippen LogP contribution in [0.3, 0.4) is 0 Å². The molecular formula is C19H28N2O2. The molecule has 1 aromatic rings. The highest BCUT2D eigenvalue weighted by Gasteiger charge is 2.36. The van der Waals surface area contributed by atoms with Crippen molar-refractivity contribution in [1.29, 1.82) is 0 Å². The summed E-state index contributed by atoms with van der Waals surface area (Å²) >= 11 is 0. The van der Waals surface area contributed by atoms with Crippen molar-refractivity contribution in [2.24, 2.45) is 5.92 Å². The summed E-state index contributed by atoms with van der Waals surface area (Å²) in [5.41, 5.74) is 1.26. The lowest BCUT2D eigenvalue weighted by atomic mass is 9.75. The maximum absolute atomic E-state index is 11.7. The van der Waals surface area contributed by atoms with Gasteiger partial charge in [0.15, 0.2) is 0 Å². The maximum Gasteiger partial charge on any atom is 0.414 e. The van der Waals surface area contributed by atoms with Crippen LogP contribution in [0.5, 0.6) is 5.75 Å². The van der Waals surface area contributed by atoms with Crippen molar-refractivity contribution < 1.29 is 9.53 Å². The van der Waals surface area contributed by atoms with E-state index in [0.29, 0.717) is 11.8 Å². The zero-order chi connectivity index (χ0) is 16.4. The summed E-state index contributed by atoms with van der Waals surface area (Å²) in [7, 11) is 5.67. The zero-order valence-electron chi connectivity index (χ0n) is 14.5. The predicted molar refractivity (Wildman–Crippen MR) is 91.6 cm³/mol. The van der Waals surface area contributed by atoms with Gasteiger partial charge in [-0.05, 0) is 56.3 Å². The Morgan fingerprint density at radius 1 is 1.17 bits per heavy atom. The van der Waals surface area contributed by atoms with Gasteiger partial charge >= 0.3 is 6.09 Å². The molecule has 1 saturated heterocycles. The molecule has 1 aromatic carbocycles. The molecule has 3 unspecified atom stereocenters. The Hall–Kier alpha value is -1.55. The van der Waals surface area contributed by atoms with E-state index in [0.717, 1.165) is 12.0 Å². The van der Waals surface area contributed by atoms with E-state index in [4.69, 9.17) is 4.74 Å². The van der Waals surface area contributed by atoms with E-state index in [-0.39, 0.29) is 6.09 Å². The summed E-state index contributed by atoms with van der Waals surface area (Å²) in [6, 6.07) is 9.21. The Kier molecular flexibility index (Phi) is 4.90. The quantitative estimate of drug-likeness (QED) is 0.824. The topological polar surface area (TPSA) is 32.8 Å². The summed E-state index contributed by atoms with van der Waals surface area (Å²) in [6.45, 7) is 0. The van der Waals surface area contributed by atoms with Gasteiger partial charge in [0, 0.05) is 26.2 Å². The number of carbonyl (C=O) groups is 1. The van der Waals surface area contributed by atoms with Crippen molar-refractivity contribution in [3.8, 4) is 5.75 Å². The van der Waals surface area contributed by atoms with Gasteiger partial charge < -0.3 is 9.64 Å². The number of ether oxygens (including phenoxy) is 1. The number of hydrogen-bond acceptors (Lipinski definition) is 3. The molecule has 2 fully saturated rings. The van der Waals surface area contributed by atoms with Crippen LogP contribution in [-0.2, 0) is 0 Å². The molecule has 23 heavy (non-hydrogen) atoms. The number of rotatable bonds is 2. The van der Waals surface area contributed by atoms with Crippen molar-refractivity contribution in [2.45, 2.75) is 50.6 Å². The Bertz CT molecular complexity index is 558. The highest BCUT2D eigenvalue weighted by atomic mass is 16.6. The first-order valence-corrected chi connectivity index (χ1v) is 8.77. The highest BCUT2D eigenvalue weighted by Crippen LogP contribution is 2.42. The number of benzene rings is 1. The largest absolute Gasteiger partial charge is 0.414 e. The standard InChI is InChI=1S/C19H28N2O2/c1-20(2)19(22)23-16-9-6-8-15(13-16)18-12-11-14-7-4-5-10-17(14)21(18)3/h6,8-9,13-14,17-18H,4-5,7,10-12H2,1-3H3. The number of piperidine rings is 1. The van der Waals surface area contributed by atoms with E-state index in [9.17, 15) is 4.79 Å². The molecule has 1 amide bonds. The SMILES string of the molecule is CN(C)C(=O)Oc1cccc(C2CCC3CCCCC3N2C)c1. The van der Waals surface area contributed by atoms with Crippen LogP contribution in [0, 0.1) is 5.92 Å². The minimum Gasteiger partial charge on any atom is -0.410 e. The van der Waals surface area contributed by atoms with Gasteiger partial charge in [-0.25, -0.2) is 4.79 Å². The van der Waals surface area contributed by atoms with Gasteiger partial charge in [0.2, 0.25) is 0 Å². The molecule has 2 aliphatic rings. The van der Waals surface area contributed by atoms with Gasteiger partial charge in [0.05, 0.1) is 0 Å². The second-order valence-electron chi connectivity index (χ2n) is 7.21. The van der Waals surface area contributed by atoms with Crippen LogP contribution < -0.4 is 4.74 Å². The summed E-state index contributed by atoms with van der Waals surface area (Å²) in [5, 5.41) is 0. The Morgan fingerprint density at radius 2 is 1.96 bits per heavy atom. The van der Waals surface area contributed by atoms with Gasteiger partial charge in [-0.15, -0.1) is 0 Å². The first-order valence-electron chi connectivity index (χ1n) is 8.77. The molecule has 0 aromatic heterocycles. The minimum atomic E-state index is -0.327. The molecule has 0 radical (unpaired) electrons. The molecule has 0 N–H and O–H groups in total. The molecule has 0 spiro atoms. The fraction of sp³-hybridized carbons (Fsp3) is 0.632. The molecule has 3 rings (SSSR count). The van der Waals surface area contributed by atoms with Crippen LogP contribution in [0.4, 0.5) is 4.79 Å². The van der Waals surface area contributed by atoms with E-state index >= 15 is 0 Å².